The van der Waals surface area contributed by atoms with E-state index in [1.165, 1.54) is 180 Å². The minimum absolute atomic E-state index is 0.0760. The van der Waals surface area contributed by atoms with E-state index in [9.17, 15) is 14.4 Å². The third-order valence-corrected chi connectivity index (χ3v) is 13.3. The molecule has 0 radical (unpaired) electrons. The predicted octanol–water partition coefficient (Wildman–Crippen LogP) is 20.4. The van der Waals surface area contributed by atoms with E-state index in [0.29, 0.717) is 19.3 Å². The number of allylic oxidation sites excluding steroid dienone is 10. The van der Waals surface area contributed by atoms with Crippen molar-refractivity contribution in [2.24, 2.45) is 0 Å². The van der Waals surface area contributed by atoms with Crippen LogP contribution in [0.25, 0.3) is 0 Å². The number of carbonyl (C=O) groups excluding carboxylic acids is 3. The molecule has 0 aromatic carbocycles. The Hall–Kier alpha value is -2.89. The SMILES string of the molecule is CC/C=C\C/C=C\C/C=C\C/C=C\CCCCCCCCCCCCC(=O)OCC(COC(=O)CCCCCCC/C=C\CCCCC)OC(=O)CCCCCCCCCCCCCCCCCCC. The first-order valence-corrected chi connectivity index (χ1v) is 30.3. The molecule has 70 heavy (non-hydrogen) atoms. The molecule has 0 bridgehead atoms. The fraction of sp³-hybridized carbons (Fsp3) is 0.797. The Morgan fingerprint density at radius 3 is 0.914 bits per heavy atom. The maximum absolute atomic E-state index is 12.9. The van der Waals surface area contributed by atoms with E-state index in [1.807, 2.05) is 0 Å². The first kappa shape index (κ1) is 67.1. The topological polar surface area (TPSA) is 78.9 Å². The van der Waals surface area contributed by atoms with Crippen LogP contribution in [0, 0.1) is 0 Å². The highest BCUT2D eigenvalue weighted by Gasteiger charge is 2.19. The Balaban J connectivity index is 4.29. The molecule has 1 atom stereocenters. The van der Waals surface area contributed by atoms with Gasteiger partial charge in [0, 0.05) is 19.3 Å². The van der Waals surface area contributed by atoms with E-state index in [0.717, 1.165) is 89.9 Å². The van der Waals surface area contributed by atoms with Crippen LogP contribution in [0.5, 0.6) is 0 Å². The first-order chi connectivity index (χ1) is 34.5. The monoisotopic (exact) mass is 979 g/mol. The molecule has 0 aliphatic heterocycles. The summed E-state index contributed by atoms with van der Waals surface area (Å²) in [4.78, 5) is 38.2. The molecule has 0 aliphatic rings. The van der Waals surface area contributed by atoms with Crippen LogP contribution in [0.15, 0.2) is 60.8 Å². The zero-order chi connectivity index (χ0) is 50.7. The van der Waals surface area contributed by atoms with Gasteiger partial charge < -0.3 is 14.2 Å². The number of esters is 3. The van der Waals surface area contributed by atoms with Crippen LogP contribution in [-0.4, -0.2) is 37.2 Å². The molecule has 0 saturated heterocycles. The highest BCUT2D eigenvalue weighted by molar-refractivity contribution is 5.71. The van der Waals surface area contributed by atoms with E-state index in [4.69, 9.17) is 14.2 Å². The molecule has 0 saturated carbocycles. The normalized spacial score (nSPS) is 12.4. The Morgan fingerprint density at radius 1 is 0.300 bits per heavy atom. The molecule has 0 amide bonds. The van der Waals surface area contributed by atoms with Crippen LogP contribution in [0.4, 0.5) is 0 Å². The van der Waals surface area contributed by atoms with E-state index < -0.39 is 6.10 Å². The molecule has 0 heterocycles. The lowest BCUT2D eigenvalue weighted by Gasteiger charge is -2.18. The van der Waals surface area contributed by atoms with E-state index >= 15 is 0 Å². The molecule has 0 rings (SSSR count). The van der Waals surface area contributed by atoms with Gasteiger partial charge in [0.25, 0.3) is 0 Å². The van der Waals surface area contributed by atoms with Crippen molar-refractivity contribution in [1.82, 2.24) is 0 Å². The summed E-state index contributed by atoms with van der Waals surface area (Å²) in [7, 11) is 0. The Morgan fingerprint density at radius 2 is 0.557 bits per heavy atom. The van der Waals surface area contributed by atoms with Gasteiger partial charge in [0.2, 0.25) is 0 Å². The highest BCUT2D eigenvalue weighted by Crippen LogP contribution is 2.17. The van der Waals surface area contributed by atoms with E-state index in [2.05, 4.69) is 81.5 Å². The molecule has 406 valence electrons. The standard InChI is InChI=1S/C64H114O6/c1-4-7-10-13-16-19-22-25-27-29-30-31-32-33-34-36-37-39-42-45-48-51-54-57-63(66)69-60-61(59-68-62(65)56-53-50-47-44-41-24-21-18-15-12-9-6-3)70-64(67)58-55-52-49-46-43-40-38-35-28-26-23-20-17-14-11-8-5-2/h7,10,16,18-19,21,25,27,30-31,61H,4-6,8-9,11-15,17,20,22-24,26,28-29,32-60H2,1-3H3/b10-7-,19-16-,21-18-,27-25-,31-30-. The summed E-state index contributed by atoms with van der Waals surface area (Å²) in [6.07, 6.45) is 73.6. The number of hydrogen-bond donors (Lipinski definition) is 0. The summed E-state index contributed by atoms with van der Waals surface area (Å²) < 4.78 is 16.9. The summed E-state index contributed by atoms with van der Waals surface area (Å²) in [5.74, 6) is -0.873. The third-order valence-electron chi connectivity index (χ3n) is 13.3. The average Bonchev–Trinajstić information content (AvgIpc) is 3.36. The lowest BCUT2D eigenvalue weighted by Crippen LogP contribution is -2.30. The van der Waals surface area contributed by atoms with Gasteiger partial charge in [0.15, 0.2) is 6.10 Å². The second-order valence-corrected chi connectivity index (χ2v) is 20.2. The Bertz CT molecular complexity index is 1260. The summed E-state index contributed by atoms with van der Waals surface area (Å²) in [6.45, 7) is 6.53. The van der Waals surface area contributed by atoms with Crippen LogP contribution in [0.3, 0.4) is 0 Å². The first-order valence-electron chi connectivity index (χ1n) is 30.3. The Kier molecular flexibility index (Phi) is 56.3. The zero-order valence-electron chi connectivity index (χ0n) is 46.5. The van der Waals surface area contributed by atoms with Crippen molar-refractivity contribution in [3.05, 3.63) is 60.8 Å². The number of unbranched alkanes of at least 4 members (excludes halogenated alkanes) is 34. The van der Waals surface area contributed by atoms with Crippen LogP contribution < -0.4 is 0 Å². The van der Waals surface area contributed by atoms with Gasteiger partial charge in [0.1, 0.15) is 13.2 Å². The van der Waals surface area contributed by atoms with Crippen molar-refractivity contribution in [2.45, 2.75) is 316 Å². The molecular formula is C64H114O6. The van der Waals surface area contributed by atoms with E-state index in [-0.39, 0.29) is 31.1 Å². The van der Waals surface area contributed by atoms with Gasteiger partial charge in [-0.3, -0.25) is 14.4 Å². The maximum Gasteiger partial charge on any atom is 0.306 e. The van der Waals surface area contributed by atoms with Crippen molar-refractivity contribution in [3.8, 4) is 0 Å². The van der Waals surface area contributed by atoms with Gasteiger partial charge in [0.05, 0.1) is 0 Å². The second-order valence-electron chi connectivity index (χ2n) is 20.2. The van der Waals surface area contributed by atoms with Crippen LogP contribution in [-0.2, 0) is 28.6 Å². The van der Waals surface area contributed by atoms with Gasteiger partial charge in [-0.1, -0.05) is 268 Å². The number of ether oxygens (including phenoxy) is 3. The molecule has 6 heteroatoms. The van der Waals surface area contributed by atoms with Crippen LogP contribution in [0.2, 0.25) is 0 Å². The van der Waals surface area contributed by atoms with Crippen molar-refractivity contribution >= 4 is 17.9 Å². The summed E-state index contributed by atoms with van der Waals surface area (Å²) in [5, 5.41) is 0. The zero-order valence-corrected chi connectivity index (χ0v) is 46.5. The van der Waals surface area contributed by atoms with Crippen LogP contribution in [0.1, 0.15) is 310 Å². The van der Waals surface area contributed by atoms with Gasteiger partial charge in [-0.15, -0.1) is 0 Å². The molecule has 6 nitrogen and oxygen atoms in total. The summed E-state index contributed by atoms with van der Waals surface area (Å²) in [5.41, 5.74) is 0. The third kappa shape index (κ3) is 56.0. The molecule has 0 N–H and O–H groups in total. The van der Waals surface area contributed by atoms with Gasteiger partial charge in [-0.05, 0) is 83.5 Å². The highest BCUT2D eigenvalue weighted by atomic mass is 16.6. The lowest BCUT2D eigenvalue weighted by atomic mass is 10.0. The molecule has 0 spiro atoms. The molecule has 0 aliphatic carbocycles. The Labute approximate surface area is 434 Å². The van der Waals surface area contributed by atoms with Crippen molar-refractivity contribution in [1.29, 1.82) is 0 Å². The van der Waals surface area contributed by atoms with Crippen molar-refractivity contribution < 1.29 is 28.6 Å². The van der Waals surface area contributed by atoms with Gasteiger partial charge >= 0.3 is 17.9 Å². The average molecular weight is 980 g/mol. The predicted molar refractivity (Wildman–Crippen MR) is 302 cm³/mol. The number of carbonyl (C=O) groups is 3. The molecule has 0 aromatic heterocycles. The fourth-order valence-electron chi connectivity index (χ4n) is 8.72. The number of rotatable bonds is 55. The van der Waals surface area contributed by atoms with Gasteiger partial charge in [-0.25, -0.2) is 0 Å². The van der Waals surface area contributed by atoms with E-state index in [1.54, 1.807) is 0 Å². The van der Waals surface area contributed by atoms with Crippen molar-refractivity contribution in [3.63, 3.8) is 0 Å². The minimum Gasteiger partial charge on any atom is -0.462 e. The maximum atomic E-state index is 12.9. The van der Waals surface area contributed by atoms with Gasteiger partial charge in [-0.2, -0.15) is 0 Å². The minimum atomic E-state index is -0.777. The van der Waals surface area contributed by atoms with Crippen molar-refractivity contribution in [2.75, 3.05) is 13.2 Å². The fourth-order valence-corrected chi connectivity index (χ4v) is 8.72. The summed E-state index contributed by atoms with van der Waals surface area (Å²) >= 11 is 0. The molecule has 0 fully saturated rings. The largest absolute Gasteiger partial charge is 0.462 e. The number of hydrogen-bond acceptors (Lipinski definition) is 6. The molecular weight excluding hydrogens is 865 g/mol. The molecule has 0 aromatic rings. The quantitative estimate of drug-likeness (QED) is 0.0261. The van der Waals surface area contributed by atoms with Crippen LogP contribution >= 0.6 is 0 Å². The molecule has 1 unspecified atom stereocenters. The summed E-state index contributed by atoms with van der Waals surface area (Å²) in [6, 6.07) is 0. The second kappa shape index (κ2) is 58.7. The lowest BCUT2D eigenvalue weighted by molar-refractivity contribution is -0.167. The smallest absolute Gasteiger partial charge is 0.306 e.